The van der Waals surface area contributed by atoms with Crippen LogP contribution in [0.4, 0.5) is 0 Å². The molecule has 1 saturated heterocycles. The fraction of sp³-hybridized carbons (Fsp3) is 0.357. The van der Waals surface area contributed by atoms with Gasteiger partial charge in [-0.2, -0.15) is 0 Å². The Bertz CT molecular complexity index is 408. The molecule has 1 aromatic heterocycles. The van der Waals surface area contributed by atoms with Crippen LogP contribution in [0.15, 0.2) is 48.7 Å². The van der Waals surface area contributed by atoms with E-state index in [9.17, 15) is 0 Å². The molecule has 0 radical (unpaired) electrons. The summed E-state index contributed by atoms with van der Waals surface area (Å²) in [4.78, 5) is 3.36. The Kier molecular flexibility index (Phi) is 2.58. The summed E-state index contributed by atoms with van der Waals surface area (Å²) in [6.07, 6.45) is 13.6. The van der Waals surface area contributed by atoms with Crippen molar-refractivity contribution in [1.29, 1.82) is 0 Å². The van der Waals surface area contributed by atoms with Gasteiger partial charge in [0.15, 0.2) is 12.2 Å². The molecule has 0 bridgehead atoms. The molecule has 0 amide bonds. The molecule has 1 aromatic rings. The Morgan fingerprint density at radius 2 is 2.06 bits per heavy atom. The predicted octanol–water partition coefficient (Wildman–Crippen LogP) is 1.01. The van der Waals surface area contributed by atoms with Gasteiger partial charge < -0.3 is 5.32 Å². The van der Waals surface area contributed by atoms with Crippen LogP contribution in [0.3, 0.4) is 0 Å². The van der Waals surface area contributed by atoms with Crippen molar-refractivity contribution in [1.82, 2.24) is 0 Å². The highest BCUT2D eigenvalue weighted by Gasteiger charge is 2.34. The highest BCUT2D eigenvalue weighted by molar-refractivity contribution is 5.16. The topological polar surface area (TPSA) is 30.8 Å². The number of aromatic amines is 1. The summed E-state index contributed by atoms with van der Waals surface area (Å²) >= 11 is 0. The third-order valence-electron chi connectivity index (χ3n) is 3.70. The van der Waals surface area contributed by atoms with Crippen LogP contribution in [-0.2, 0) is 0 Å². The molecular formula is C14H18N2+2. The number of H-pyrrole nitrogens is 1. The maximum atomic E-state index is 3.36. The molecule has 1 unspecified atom stereocenters. The van der Waals surface area contributed by atoms with E-state index >= 15 is 0 Å². The zero-order valence-corrected chi connectivity index (χ0v) is 9.34. The summed E-state index contributed by atoms with van der Waals surface area (Å²) in [5.74, 6) is 0.741. The molecule has 1 fully saturated rings. The molecule has 1 aliphatic carbocycles. The molecule has 16 heavy (non-hydrogen) atoms. The molecule has 0 aromatic carbocycles. The van der Waals surface area contributed by atoms with E-state index in [0.29, 0.717) is 12.1 Å². The maximum absolute atomic E-state index is 3.36. The van der Waals surface area contributed by atoms with Gasteiger partial charge in [0.1, 0.15) is 6.04 Å². The molecule has 2 heterocycles. The van der Waals surface area contributed by atoms with Gasteiger partial charge >= 0.3 is 0 Å². The second-order valence-electron chi connectivity index (χ2n) is 4.71. The summed E-state index contributed by atoms with van der Waals surface area (Å²) in [5, 5.41) is 2.50. The molecule has 0 spiro atoms. The lowest BCUT2D eigenvalue weighted by Crippen LogP contribution is -2.93. The minimum Gasteiger partial charge on any atom is -0.329 e. The van der Waals surface area contributed by atoms with Crippen LogP contribution in [-0.4, -0.2) is 6.04 Å². The summed E-state index contributed by atoms with van der Waals surface area (Å²) in [5.41, 5.74) is 1.35. The predicted molar refractivity (Wildman–Crippen MR) is 62.5 cm³/mol. The van der Waals surface area contributed by atoms with Gasteiger partial charge in [-0.25, -0.2) is 4.98 Å². The second-order valence-corrected chi connectivity index (χ2v) is 4.71. The van der Waals surface area contributed by atoms with Gasteiger partial charge in [0.05, 0.1) is 0 Å². The van der Waals surface area contributed by atoms with Crippen molar-refractivity contribution in [2.24, 2.45) is 5.92 Å². The number of nitrogens with two attached hydrogens (primary N) is 1. The minimum atomic E-state index is 0.596. The van der Waals surface area contributed by atoms with E-state index in [-0.39, 0.29) is 0 Å². The standard InChI is InChI=1S/C14H16N2/c1-2-6-12-11(5-1)8-9-14(16-12)13-7-3-4-10-15-13/h1-7,10-12,14,16H,8-9H2/p+2/t11-,12?,14-/m1/s1. The van der Waals surface area contributed by atoms with Crippen molar-refractivity contribution in [3.63, 3.8) is 0 Å². The average molecular weight is 214 g/mol. The molecule has 2 heteroatoms. The first kappa shape index (κ1) is 9.79. The molecule has 3 rings (SSSR count). The van der Waals surface area contributed by atoms with Crippen LogP contribution in [0.25, 0.3) is 0 Å². The number of rotatable bonds is 1. The summed E-state index contributed by atoms with van der Waals surface area (Å²) < 4.78 is 0. The number of nitrogens with one attached hydrogen (secondary N) is 1. The Morgan fingerprint density at radius 3 is 2.94 bits per heavy atom. The van der Waals surface area contributed by atoms with E-state index in [2.05, 4.69) is 46.7 Å². The van der Waals surface area contributed by atoms with Crippen molar-refractivity contribution in [3.8, 4) is 0 Å². The SMILES string of the molecule is C1=CC2[NH2+][C@@H](c3cccc[nH+]3)CC[C@H]2C=C1. The molecule has 2 nitrogen and oxygen atoms in total. The first-order valence-corrected chi connectivity index (χ1v) is 6.10. The Hall–Kier alpha value is -1.41. The van der Waals surface area contributed by atoms with Gasteiger partial charge in [-0.1, -0.05) is 18.2 Å². The fourth-order valence-electron chi connectivity index (χ4n) is 2.80. The largest absolute Gasteiger partial charge is 0.329 e. The van der Waals surface area contributed by atoms with E-state index in [4.69, 9.17) is 0 Å². The lowest BCUT2D eigenvalue weighted by atomic mass is 9.84. The quantitative estimate of drug-likeness (QED) is 0.723. The van der Waals surface area contributed by atoms with Crippen LogP contribution in [0, 0.1) is 5.92 Å². The summed E-state index contributed by atoms with van der Waals surface area (Å²) in [7, 11) is 0. The lowest BCUT2D eigenvalue weighted by Gasteiger charge is -2.30. The number of allylic oxidation sites excluding steroid dienone is 2. The van der Waals surface area contributed by atoms with Gasteiger partial charge in [0.25, 0.3) is 0 Å². The van der Waals surface area contributed by atoms with Crippen molar-refractivity contribution >= 4 is 0 Å². The monoisotopic (exact) mass is 214 g/mol. The molecule has 2 aliphatic rings. The second kappa shape index (κ2) is 4.22. The van der Waals surface area contributed by atoms with Crippen molar-refractivity contribution in [3.05, 3.63) is 54.4 Å². The third kappa shape index (κ3) is 1.81. The highest BCUT2D eigenvalue weighted by atomic mass is 15.0. The lowest BCUT2D eigenvalue weighted by molar-refractivity contribution is -0.741. The summed E-state index contributed by atoms with van der Waals surface area (Å²) in [6, 6.07) is 7.58. The first-order valence-electron chi connectivity index (χ1n) is 6.10. The molecular weight excluding hydrogens is 196 g/mol. The molecule has 3 N–H and O–H groups in total. The first-order chi connectivity index (χ1) is 7.93. The highest BCUT2D eigenvalue weighted by Crippen LogP contribution is 2.25. The van der Waals surface area contributed by atoms with Crippen LogP contribution in [0.5, 0.6) is 0 Å². The van der Waals surface area contributed by atoms with Gasteiger partial charge in [-0.05, 0) is 18.6 Å². The van der Waals surface area contributed by atoms with E-state index in [0.717, 1.165) is 5.92 Å². The smallest absolute Gasteiger partial charge is 0.237 e. The van der Waals surface area contributed by atoms with Gasteiger partial charge in [0.2, 0.25) is 5.69 Å². The number of pyridine rings is 1. The van der Waals surface area contributed by atoms with Crippen molar-refractivity contribution in [2.45, 2.75) is 24.9 Å². The number of quaternary nitrogens is 1. The van der Waals surface area contributed by atoms with E-state index in [1.54, 1.807) is 0 Å². The third-order valence-corrected chi connectivity index (χ3v) is 3.70. The number of hydrogen-bond donors (Lipinski definition) is 1. The van der Waals surface area contributed by atoms with Crippen LogP contribution >= 0.6 is 0 Å². The van der Waals surface area contributed by atoms with E-state index in [1.165, 1.54) is 18.5 Å². The molecule has 3 atom stereocenters. The Balaban J connectivity index is 1.76. The number of piperidine rings is 1. The zero-order chi connectivity index (χ0) is 10.8. The van der Waals surface area contributed by atoms with Crippen LogP contribution in [0.2, 0.25) is 0 Å². The number of hydrogen-bond acceptors (Lipinski definition) is 0. The Labute approximate surface area is 96.1 Å². The van der Waals surface area contributed by atoms with Gasteiger partial charge in [0, 0.05) is 24.5 Å². The fourth-order valence-corrected chi connectivity index (χ4v) is 2.80. The van der Waals surface area contributed by atoms with Crippen LogP contribution < -0.4 is 10.3 Å². The number of aromatic nitrogens is 1. The van der Waals surface area contributed by atoms with Gasteiger partial charge in [-0.15, -0.1) is 0 Å². The average Bonchev–Trinajstić information content (AvgIpc) is 2.39. The Morgan fingerprint density at radius 1 is 1.12 bits per heavy atom. The van der Waals surface area contributed by atoms with Crippen molar-refractivity contribution in [2.75, 3.05) is 0 Å². The van der Waals surface area contributed by atoms with Gasteiger partial charge in [-0.3, -0.25) is 0 Å². The van der Waals surface area contributed by atoms with Crippen LogP contribution in [0.1, 0.15) is 24.6 Å². The molecule has 0 saturated carbocycles. The zero-order valence-electron chi connectivity index (χ0n) is 9.34. The maximum Gasteiger partial charge on any atom is 0.237 e. The van der Waals surface area contributed by atoms with Crippen molar-refractivity contribution < 1.29 is 10.3 Å². The normalized spacial score (nSPS) is 32.4. The molecule has 1 aliphatic heterocycles. The van der Waals surface area contributed by atoms with E-state index < -0.39 is 0 Å². The number of fused-ring (bicyclic) bond motifs is 1. The molecule has 82 valence electrons. The summed E-state index contributed by atoms with van der Waals surface area (Å²) in [6.45, 7) is 0. The minimum absolute atomic E-state index is 0.596. The van der Waals surface area contributed by atoms with E-state index in [1.807, 2.05) is 12.3 Å².